The number of carbonyl (C=O) groups excluding carboxylic acids is 1. The number of esters is 1. The largest absolute Gasteiger partial charge is 0.491 e. The molecule has 0 fully saturated rings. The lowest BCUT2D eigenvalue weighted by molar-refractivity contribution is -0.147. The molecular weight excluding hydrogens is 232 g/mol. The quantitative estimate of drug-likeness (QED) is 0.730. The molecule has 0 aromatic heterocycles. The number of rotatable bonds is 6. The van der Waals surface area contributed by atoms with Crippen LogP contribution in [0.25, 0.3) is 0 Å². The van der Waals surface area contributed by atoms with E-state index in [1.807, 2.05) is 19.1 Å². The maximum atomic E-state index is 11.2. The Kier molecular flexibility index (Phi) is 5.49. The van der Waals surface area contributed by atoms with E-state index in [4.69, 9.17) is 9.47 Å². The molecule has 0 N–H and O–H groups in total. The van der Waals surface area contributed by atoms with Crippen LogP contribution in [-0.2, 0) is 9.53 Å². The highest BCUT2D eigenvalue weighted by Crippen LogP contribution is 2.20. The molecule has 0 saturated carbocycles. The van der Waals surface area contributed by atoms with Crippen molar-refractivity contribution in [2.45, 2.75) is 39.4 Å². The third-order valence-electron chi connectivity index (χ3n) is 2.58. The summed E-state index contributed by atoms with van der Waals surface area (Å²) in [6.45, 7) is 5.74. The molecule has 0 aliphatic carbocycles. The third-order valence-corrected chi connectivity index (χ3v) is 2.58. The number of benzene rings is 1. The number of ether oxygens (including phenoxy) is 3. The van der Waals surface area contributed by atoms with Gasteiger partial charge in [-0.25, -0.2) is 4.79 Å². The van der Waals surface area contributed by atoms with Gasteiger partial charge in [-0.05, 0) is 44.5 Å². The predicted molar refractivity (Wildman–Crippen MR) is 68.9 cm³/mol. The van der Waals surface area contributed by atoms with E-state index in [1.165, 1.54) is 7.11 Å². The number of carbonyl (C=O) groups is 1. The van der Waals surface area contributed by atoms with Gasteiger partial charge in [0.2, 0.25) is 0 Å². The maximum Gasteiger partial charge on any atom is 0.346 e. The molecule has 4 nitrogen and oxygen atoms in total. The summed E-state index contributed by atoms with van der Waals surface area (Å²) in [6.07, 6.45) is 0.527. The molecule has 2 atom stereocenters. The standard InChI is InChI=1S/C14H20O4/c1-5-10(2)17-12-6-8-13(9-7-12)18-11(3)14(15)16-4/h6-11H,5H2,1-4H3. The molecule has 1 rings (SSSR count). The molecule has 0 heterocycles. The van der Waals surface area contributed by atoms with E-state index < -0.39 is 12.1 Å². The van der Waals surface area contributed by atoms with Crippen molar-refractivity contribution in [1.29, 1.82) is 0 Å². The van der Waals surface area contributed by atoms with Gasteiger partial charge >= 0.3 is 5.97 Å². The summed E-state index contributed by atoms with van der Waals surface area (Å²) < 4.78 is 15.7. The molecule has 0 bridgehead atoms. The molecule has 0 saturated heterocycles. The van der Waals surface area contributed by atoms with Gasteiger partial charge in [-0.15, -0.1) is 0 Å². The van der Waals surface area contributed by atoms with E-state index in [2.05, 4.69) is 11.7 Å². The van der Waals surface area contributed by atoms with Crippen LogP contribution in [0, 0.1) is 0 Å². The third kappa shape index (κ3) is 4.28. The average molecular weight is 252 g/mol. The molecule has 100 valence electrons. The van der Waals surface area contributed by atoms with Gasteiger partial charge in [0.05, 0.1) is 13.2 Å². The Morgan fingerprint density at radius 2 is 1.61 bits per heavy atom. The molecule has 1 aromatic rings. The highest BCUT2D eigenvalue weighted by Gasteiger charge is 2.14. The molecule has 2 unspecified atom stereocenters. The summed E-state index contributed by atoms with van der Waals surface area (Å²) in [6, 6.07) is 7.20. The van der Waals surface area contributed by atoms with E-state index in [1.54, 1.807) is 19.1 Å². The lowest BCUT2D eigenvalue weighted by atomic mass is 10.3. The summed E-state index contributed by atoms with van der Waals surface area (Å²) >= 11 is 0. The summed E-state index contributed by atoms with van der Waals surface area (Å²) in [7, 11) is 1.34. The van der Waals surface area contributed by atoms with Crippen LogP contribution >= 0.6 is 0 Å². The van der Waals surface area contributed by atoms with Crippen LogP contribution in [-0.4, -0.2) is 25.3 Å². The summed E-state index contributed by atoms with van der Waals surface area (Å²) in [5.41, 5.74) is 0. The van der Waals surface area contributed by atoms with Gasteiger partial charge in [-0.1, -0.05) is 6.92 Å². The van der Waals surface area contributed by atoms with Crippen LogP contribution in [0.4, 0.5) is 0 Å². The molecule has 1 aromatic carbocycles. The van der Waals surface area contributed by atoms with E-state index in [0.29, 0.717) is 5.75 Å². The van der Waals surface area contributed by atoms with Crippen molar-refractivity contribution >= 4 is 5.97 Å². The smallest absolute Gasteiger partial charge is 0.346 e. The average Bonchev–Trinajstić information content (AvgIpc) is 2.39. The minimum absolute atomic E-state index is 0.186. The summed E-state index contributed by atoms with van der Waals surface area (Å²) in [4.78, 5) is 11.2. The van der Waals surface area contributed by atoms with E-state index in [9.17, 15) is 4.79 Å². The molecule has 4 heteroatoms. The Hall–Kier alpha value is -1.71. The molecule has 0 spiro atoms. The van der Waals surface area contributed by atoms with Gasteiger partial charge in [-0.2, -0.15) is 0 Å². The first-order valence-electron chi connectivity index (χ1n) is 6.08. The number of methoxy groups -OCH3 is 1. The van der Waals surface area contributed by atoms with Crippen molar-refractivity contribution in [2.24, 2.45) is 0 Å². The minimum Gasteiger partial charge on any atom is -0.491 e. The van der Waals surface area contributed by atoms with Gasteiger partial charge in [0.1, 0.15) is 11.5 Å². The molecular formula is C14H20O4. The van der Waals surface area contributed by atoms with Crippen molar-refractivity contribution in [3.05, 3.63) is 24.3 Å². The zero-order valence-electron chi connectivity index (χ0n) is 11.3. The van der Waals surface area contributed by atoms with Gasteiger partial charge in [0.25, 0.3) is 0 Å². The van der Waals surface area contributed by atoms with Crippen molar-refractivity contribution < 1.29 is 19.0 Å². The zero-order valence-corrected chi connectivity index (χ0v) is 11.3. The minimum atomic E-state index is -0.615. The fraction of sp³-hybridized carbons (Fsp3) is 0.500. The van der Waals surface area contributed by atoms with Crippen LogP contribution in [0.3, 0.4) is 0 Å². The first-order chi connectivity index (χ1) is 8.56. The van der Waals surface area contributed by atoms with Crippen LogP contribution in [0.15, 0.2) is 24.3 Å². The molecule has 0 aliphatic heterocycles. The Labute approximate surface area is 108 Å². The Morgan fingerprint density at radius 3 is 2.06 bits per heavy atom. The lowest BCUT2D eigenvalue weighted by Gasteiger charge is -2.14. The second-order valence-electron chi connectivity index (χ2n) is 4.09. The number of hydrogen-bond acceptors (Lipinski definition) is 4. The highest BCUT2D eigenvalue weighted by molar-refractivity contribution is 5.74. The maximum absolute atomic E-state index is 11.2. The first kappa shape index (κ1) is 14.4. The predicted octanol–water partition coefficient (Wildman–Crippen LogP) is 2.80. The first-order valence-corrected chi connectivity index (χ1v) is 6.08. The van der Waals surface area contributed by atoms with Crippen LogP contribution in [0.5, 0.6) is 11.5 Å². The zero-order chi connectivity index (χ0) is 13.5. The van der Waals surface area contributed by atoms with Crippen LogP contribution in [0.1, 0.15) is 27.2 Å². The number of hydrogen-bond donors (Lipinski definition) is 0. The van der Waals surface area contributed by atoms with Gasteiger partial charge in [-0.3, -0.25) is 0 Å². The summed E-state index contributed by atoms with van der Waals surface area (Å²) in [5.74, 6) is 1.02. The van der Waals surface area contributed by atoms with Gasteiger partial charge in [0, 0.05) is 0 Å². The van der Waals surface area contributed by atoms with Crippen molar-refractivity contribution in [1.82, 2.24) is 0 Å². The van der Waals surface area contributed by atoms with E-state index >= 15 is 0 Å². The Balaban J connectivity index is 2.57. The lowest BCUT2D eigenvalue weighted by Crippen LogP contribution is -2.24. The van der Waals surface area contributed by atoms with Crippen molar-refractivity contribution in [3.8, 4) is 11.5 Å². The SMILES string of the molecule is CCC(C)Oc1ccc(OC(C)C(=O)OC)cc1. The fourth-order valence-electron chi connectivity index (χ4n) is 1.33. The monoisotopic (exact) mass is 252 g/mol. The molecule has 0 aliphatic rings. The fourth-order valence-corrected chi connectivity index (χ4v) is 1.33. The Bertz CT molecular complexity index is 372. The van der Waals surface area contributed by atoms with Crippen LogP contribution < -0.4 is 9.47 Å². The van der Waals surface area contributed by atoms with Crippen molar-refractivity contribution in [3.63, 3.8) is 0 Å². The summed E-state index contributed by atoms with van der Waals surface area (Å²) in [5, 5.41) is 0. The molecule has 0 amide bonds. The van der Waals surface area contributed by atoms with Crippen molar-refractivity contribution in [2.75, 3.05) is 7.11 Å². The van der Waals surface area contributed by atoms with Gasteiger partial charge < -0.3 is 14.2 Å². The Morgan fingerprint density at radius 1 is 1.11 bits per heavy atom. The second kappa shape index (κ2) is 6.89. The normalized spacial score (nSPS) is 13.6. The topological polar surface area (TPSA) is 44.8 Å². The molecule has 0 radical (unpaired) electrons. The van der Waals surface area contributed by atoms with E-state index in [-0.39, 0.29) is 6.10 Å². The van der Waals surface area contributed by atoms with Crippen LogP contribution in [0.2, 0.25) is 0 Å². The highest BCUT2D eigenvalue weighted by atomic mass is 16.6. The molecule has 18 heavy (non-hydrogen) atoms. The van der Waals surface area contributed by atoms with E-state index in [0.717, 1.165) is 12.2 Å². The van der Waals surface area contributed by atoms with Gasteiger partial charge in [0.15, 0.2) is 6.10 Å². The second-order valence-corrected chi connectivity index (χ2v) is 4.09.